The maximum atomic E-state index is 11.7. The van der Waals surface area contributed by atoms with Crippen LogP contribution in [0.25, 0.3) is 0 Å². The average molecular weight is 385 g/mol. The molecule has 4 fully saturated rings. The number of hydrogen-bond donors (Lipinski definition) is 0. The summed E-state index contributed by atoms with van der Waals surface area (Å²) in [7, 11) is 0. The Morgan fingerprint density at radius 3 is 2.57 bits per heavy atom. The smallest absolute Gasteiger partial charge is 0.384 e. The van der Waals surface area contributed by atoms with E-state index in [-0.39, 0.29) is 11.9 Å². The fourth-order valence-corrected chi connectivity index (χ4v) is 8.60. The topological polar surface area (TPSA) is 26.3 Å². The van der Waals surface area contributed by atoms with E-state index in [1.807, 2.05) is 6.92 Å². The van der Waals surface area contributed by atoms with Gasteiger partial charge in [-0.05, 0) is 98.7 Å². The zero-order valence-electron chi connectivity index (χ0n) is 18.6. The van der Waals surface area contributed by atoms with Crippen LogP contribution in [0.4, 0.5) is 0 Å². The normalized spacial score (nSPS) is 45.6. The molecule has 1 unspecified atom stereocenters. The van der Waals surface area contributed by atoms with Gasteiger partial charge in [0.25, 0.3) is 0 Å². The Morgan fingerprint density at radius 1 is 1.00 bits per heavy atom. The third kappa shape index (κ3) is 3.22. The summed E-state index contributed by atoms with van der Waals surface area (Å²) in [5, 5.41) is 0. The monoisotopic (exact) mass is 384 g/mol. The first-order valence-corrected chi connectivity index (χ1v) is 12.1. The minimum Gasteiger partial charge on any atom is -0.456 e. The lowest BCUT2D eigenvalue weighted by molar-refractivity contribution is -0.136. The molecular formula is C26H40O2. The molecule has 2 heteroatoms. The second-order valence-corrected chi connectivity index (χ2v) is 10.9. The number of rotatable bonds is 2. The summed E-state index contributed by atoms with van der Waals surface area (Å²) < 4.78 is 5.01. The first kappa shape index (κ1) is 20.3. The Balaban J connectivity index is 1.51. The minimum atomic E-state index is -0.360. The highest BCUT2D eigenvalue weighted by atomic mass is 16.5. The summed E-state index contributed by atoms with van der Waals surface area (Å²) in [6.45, 7) is 9.73. The molecule has 0 bridgehead atoms. The van der Waals surface area contributed by atoms with Crippen molar-refractivity contribution in [1.29, 1.82) is 0 Å². The summed E-state index contributed by atoms with van der Waals surface area (Å²) in [5.74, 6) is 10.4. The van der Waals surface area contributed by atoms with Gasteiger partial charge in [0.15, 0.2) is 0 Å². The molecule has 8 atom stereocenters. The first-order valence-electron chi connectivity index (χ1n) is 12.1. The standard InChI is InChI=1S/C26H40O2/c1-5-28-24(27)14-9-18(2)21-12-13-22-20-11-10-19-8-6-7-16-25(19,3)23(20)15-17-26(21,22)4/h18-23H,5-8,10-13,15-17H2,1-4H3/t18-,19?,20+,21-,22+,23+,25+,26-/m1/s1. The zero-order valence-corrected chi connectivity index (χ0v) is 18.6. The molecule has 2 nitrogen and oxygen atoms in total. The van der Waals surface area contributed by atoms with Crippen molar-refractivity contribution in [3.8, 4) is 11.8 Å². The van der Waals surface area contributed by atoms with Crippen LogP contribution in [0.1, 0.15) is 91.9 Å². The quantitative estimate of drug-likeness (QED) is 0.320. The van der Waals surface area contributed by atoms with E-state index >= 15 is 0 Å². The Hall–Kier alpha value is -0.970. The van der Waals surface area contributed by atoms with Crippen molar-refractivity contribution in [1.82, 2.24) is 0 Å². The van der Waals surface area contributed by atoms with Crippen LogP contribution in [0.2, 0.25) is 0 Å². The van der Waals surface area contributed by atoms with Gasteiger partial charge in [-0.15, -0.1) is 0 Å². The van der Waals surface area contributed by atoms with Crippen molar-refractivity contribution in [3.63, 3.8) is 0 Å². The molecule has 0 amide bonds. The molecule has 156 valence electrons. The van der Waals surface area contributed by atoms with Crippen molar-refractivity contribution < 1.29 is 9.53 Å². The van der Waals surface area contributed by atoms with E-state index in [9.17, 15) is 4.79 Å². The second-order valence-electron chi connectivity index (χ2n) is 10.9. The molecule has 0 heterocycles. The maximum absolute atomic E-state index is 11.7. The molecule has 0 aromatic rings. The predicted molar refractivity (Wildman–Crippen MR) is 113 cm³/mol. The van der Waals surface area contributed by atoms with Crippen LogP contribution in [-0.4, -0.2) is 12.6 Å². The van der Waals surface area contributed by atoms with Crippen LogP contribution in [0.5, 0.6) is 0 Å². The largest absolute Gasteiger partial charge is 0.456 e. The molecule has 28 heavy (non-hydrogen) atoms. The Labute approximate surface area is 172 Å². The van der Waals surface area contributed by atoms with Gasteiger partial charge in [-0.25, -0.2) is 4.79 Å². The van der Waals surface area contributed by atoms with Crippen molar-refractivity contribution in [2.24, 2.45) is 46.3 Å². The van der Waals surface area contributed by atoms with Crippen LogP contribution in [-0.2, 0) is 9.53 Å². The molecule has 0 aliphatic heterocycles. The van der Waals surface area contributed by atoms with Crippen molar-refractivity contribution >= 4 is 5.97 Å². The Morgan fingerprint density at radius 2 is 1.79 bits per heavy atom. The first-order chi connectivity index (χ1) is 13.4. The molecule has 4 saturated carbocycles. The third-order valence-electron chi connectivity index (χ3n) is 9.94. The van der Waals surface area contributed by atoms with Gasteiger partial charge in [0.05, 0.1) is 6.61 Å². The summed E-state index contributed by atoms with van der Waals surface area (Å²) in [4.78, 5) is 11.7. The zero-order chi connectivity index (χ0) is 19.9. The van der Waals surface area contributed by atoms with Gasteiger partial charge in [0.1, 0.15) is 0 Å². The molecule has 0 aromatic carbocycles. The average Bonchev–Trinajstić information content (AvgIpc) is 3.03. The molecule has 4 aliphatic rings. The lowest BCUT2D eigenvalue weighted by Gasteiger charge is -2.60. The highest BCUT2D eigenvalue weighted by Gasteiger charge is 2.60. The molecular weight excluding hydrogens is 344 g/mol. The fraction of sp³-hybridized carbons (Fsp3) is 0.885. The molecule has 0 radical (unpaired) electrons. The minimum absolute atomic E-state index is 0.289. The lowest BCUT2D eigenvalue weighted by Crippen LogP contribution is -2.53. The number of ether oxygens (including phenoxy) is 1. The molecule has 4 aliphatic carbocycles. The van der Waals surface area contributed by atoms with Crippen LogP contribution in [0.3, 0.4) is 0 Å². The summed E-state index contributed by atoms with van der Waals surface area (Å²) in [6, 6.07) is 0. The molecule has 0 N–H and O–H groups in total. The molecule has 0 aromatic heterocycles. The molecule has 0 spiro atoms. The van der Waals surface area contributed by atoms with Gasteiger partial charge in [0.2, 0.25) is 0 Å². The van der Waals surface area contributed by atoms with Crippen molar-refractivity contribution in [2.75, 3.05) is 6.61 Å². The predicted octanol–water partition coefficient (Wildman–Crippen LogP) is 6.24. The molecule has 0 saturated heterocycles. The SMILES string of the molecule is CCOC(=O)C#C[C@@H](C)[C@H]1CC[C@H]2[C@@H]3CCC4CCCC[C@]4(C)[C@H]3CC[C@]12C. The number of carbonyl (C=O) groups excluding carboxylic acids is 1. The van der Waals surface area contributed by atoms with Crippen molar-refractivity contribution in [2.45, 2.75) is 91.9 Å². The van der Waals surface area contributed by atoms with E-state index < -0.39 is 0 Å². The van der Waals surface area contributed by atoms with E-state index in [1.165, 1.54) is 64.2 Å². The van der Waals surface area contributed by atoms with Gasteiger partial charge >= 0.3 is 5.97 Å². The van der Waals surface area contributed by atoms with Crippen molar-refractivity contribution in [3.05, 3.63) is 0 Å². The fourth-order valence-electron chi connectivity index (χ4n) is 8.60. The summed E-state index contributed by atoms with van der Waals surface area (Å²) in [5.41, 5.74) is 1.04. The van der Waals surface area contributed by atoms with Crippen LogP contribution in [0.15, 0.2) is 0 Å². The highest BCUT2D eigenvalue weighted by Crippen LogP contribution is 2.68. The lowest BCUT2D eigenvalue weighted by atomic mass is 9.44. The van der Waals surface area contributed by atoms with Gasteiger partial charge in [-0.3, -0.25) is 0 Å². The Kier molecular flexibility index (Phi) is 5.58. The number of carbonyl (C=O) groups is 1. The van der Waals surface area contributed by atoms with E-state index in [0.717, 1.165) is 23.7 Å². The van der Waals surface area contributed by atoms with Gasteiger partial charge in [-0.2, -0.15) is 0 Å². The van der Waals surface area contributed by atoms with E-state index in [1.54, 1.807) is 0 Å². The van der Waals surface area contributed by atoms with E-state index in [4.69, 9.17) is 4.74 Å². The van der Waals surface area contributed by atoms with E-state index in [2.05, 4.69) is 32.6 Å². The van der Waals surface area contributed by atoms with Gasteiger partial charge < -0.3 is 4.74 Å². The number of fused-ring (bicyclic) bond motifs is 5. The van der Waals surface area contributed by atoms with Crippen LogP contribution in [0, 0.1) is 58.2 Å². The Bertz CT molecular complexity index is 657. The van der Waals surface area contributed by atoms with Crippen LogP contribution >= 0.6 is 0 Å². The van der Waals surface area contributed by atoms with Gasteiger partial charge in [-0.1, -0.05) is 39.5 Å². The maximum Gasteiger partial charge on any atom is 0.384 e. The highest BCUT2D eigenvalue weighted by molar-refractivity contribution is 5.88. The van der Waals surface area contributed by atoms with Gasteiger partial charge in [0, 0.05) is 11.8 Å². The summed E-state index contributed by atoms with van der Waals surface area (Å²) in [6.07, 6.45) is 14.3. The third-order valence-corrected chi connectivity index (χ3v) is 9.94. The molecule has 4 rings (SSSR count). The van der Waals surface area contributed by atoms with E-state index in [0.29, 0.717) is 23.4 Å². The van der Waals surface area contributed by atoms with Crippen LogP contribution < -0.4 is 0 Å². The second kappa shape index (κ2) is 7.70. The summed E-state index contributed by atoms with van der Waals surface area (Å²) >= 11 is 0. The number of esters is 1. The number of hydrogen-bond acceptors (Lipinski definition) is 2.